The summed E-state index contributed by atoms with van der Waals surface area (Å²) in [5.41, 5.74) is 0.817. The maximum absolute atomic E-state index is 11.3. The van der Waals surface area contributed by atoms with Crippen LogP contribution in [0.2, 0.25) is 0 Å². The molecule has 17 heavy (non-hydrogen) atoms. The number of imide groups is 1. The number of hydrogen-bond acceptors (Lipinski definition) is 6. The van der Waals surface area contributed by atoms with E-state index in [1.165, 1.54) is 6.33 Å². The third-order valence-corrected chi connectivity index (χ3v) is 2.54. The lowest BCUT2D eigenvalue weighted by molar-refractivity contribution is -0.130. The molecule has 7 heteroatoms. The molecule has 1 aromatic heterocycles. The number of hydrogen-bond donors (Lipinski definition) is 2. The van der Waals surface area contributed by atoms with E-state index >= 15 is 0 Å². The van der Waals surface area contributed by atoms with Crippen LogP contribution in [-0.2, 0) is 9.59 Å². The molecule has 1 fully saturated rings. The summed E-state index contributed by atoms with van der Waals surface area (Å²) in [5.74, 6) is 0.663. The minimum absolute atomic E-state index is 0.132. The van der Waals surface area contributed by atoms with Crippen LogP contribution in [0.5, 0.6) is 0 Å². The zero-order chi connectivity index (χ0) is 12.4. The molecule has 0 bridgehead atoms. The number of nitrogens with zero attached hydrogens (tertiary/aromatic N) is 3. The quantitative estimate of drug-likeness (QED) is 0.658. The van der Waals surface area contributed by atoms with Crippen LogP contribution in [0, 0.1) is 6.92 Å². The van der Waals surface area contributed by atoms with E-state index in [4.69, 9.17) is 0 Å². The summed E-state index contributed by atoms with van der Waals surface area (Å²) in [6.07, 6.45) is 1.41. The molecule has 1 aromatic rings. The van der Waals surface area contributed by atoms with Crippen molar-refractivity contribution in [3.8, 4) is 0 Å². The predicted molar refractivity (Wildman–Crippen MR) is 61.7 cm³/mol. The highest BCUT2D eigenvalue weighted by atomic mass is 16.2. The second kappa shape index (κ2) is 4.36. The molecule has 1 aliphatic rings. The zero-order valence-corrected chi connectivity index (χ0v) is 9.65. The van der Waals surface area contributed by atoms with E-state index in [0.717, 1.165) is 5.56 Å². The Balaban J connectivity index is 2.33. The average Bonchev–Trinajstić information content (AvgIpc) is 2.28. The molecule has 0 unspecified atom stereocenters. The molecule has 1 aliphatic heterocycles. The standard InChI is InChI=1S/C10H13N5O2/c1-6-9(11-2)12-5-13-10(6)15-3-7(16)14-8(17)4-15/h5H,3-4H2,1-2H3,(H,11,12,13)(H,14,16,17). The van der Waals surface area contributed by atoms with Crippen LogP contribution < -0.4 is 15.5 Å². The minimum Gasteiger partial charge on any atom is -0.373 e. The van der Waals surface area contributed by atoms with Gasteiger partial charge in [0, 0.05) is 12.6 Å². The van der Waals surface area contributed by atoms with Gasteiger partial charge in [0.05, 0.1) is 13.1 Å². The molecule has 1 saturated heterocycles. The van der Waals surface area contributed by atoms with Crippen molar-refractivity contribution in [2.75, 3.05) is 30.4 Å². The maximum atomic E-state index is 11.3. The average molecular weight is 235 g/mol. The van der Waals surface area contributed by atoms with Gasteiger partial charge >= 0.3 is 0 Å². The Labute approximate surface area is 98.2 Å². The summed E-state index contributed by atoms with van der Waals surface area (Å²) in [7, 11) is 1.76. The van der Waals surface area contributed by atoms with Gasteiger partial charge in [-0.3, -0.25) is 14.9 Å². The second-order valence-electron chi connectivity index (χ2n) is 3.75. The first-order valence-corrected chi connectivity index (χ1v) is 5.19. The van der Waals surface area contributed by atoms with E-state index in [-0.39, 0.29) is 24.9 Å². The van der Waals surface area contributed by atoms with E-state index in [2.05, 4.69) is 20.6 Å². The lowest BCUT2D eigenvalue weighted by Crippen LogP contribution is -2.52. The van der Waals surface area contributed by atoms with Crippen LogP contribution in [0.1, 0.15) is 5.56 Å². The highest BCUT2D eigenvalue weighted by molar-refractivity contribution is 6.02. The number of carbonyl (C=O) groups is 2. The third-order valence-electron chi connectivity index (χ3n) is 2.54. The first-order valence-electron chi connectivity index (χ1n) is 5.19. The van der Waals surface area contributed by atoms with Gasteiger partial charge in [-0.2, -0.15) is 0 Å². The lowest BCUT2D eigenvalue weighted by Gasteiger charge is -2.27. The normalized spacial score (nSPS) is 15.8. The van der Waals surface area contributed by atoms with Gasteiger partial charge in [0.1, 0.15) is 18.0 Å². The van der Waals surface area contributed by atoms with Crippen LogP contribution in [0.25, 0.3) is 0 Å². The molecule has 0 saturated carbocycles. The molecule has 0 aliphatic carbocycles. The topological polar surface area (TPSA) is 87.2 Å². The van der Waals surface area contributed by atoms with E-state index < -0.39 is 0 Å². The fourth-order valence-electron chi connectivity index (χ4n) is 1.80. The molecule has 2 amide bonds. The maximum Gasteiger partial charge on any atom is 0.246 e. The van der Waals surface area contributed by atoms with Crippen LogP contribution in [0.15, 0.2) is 6.33 Å². The van der Waals surface area contributed by atoms with Gasteiger partial charge in [-0.05, 0) is 6.92 Å². The van der Waals surface area contributed by atoms with Gasteiger partial charge < -0.3 is 10.2 Å². The van der Waals surface area contributed by atoms with Crippen molar-refractivity contribution >= 4 is 23.5 Å². The van der Waals surface area contributed by atoms with Crippen LogP contribution in [-0.4, -0.2) is 41.9 Å². The molecule has 2 N–H and O–H groups in total. The predicted octanol–water partition coefficient (Wildman–Crippen LogP) is -0.710. The number of rotatable bonds is 2. The SMILES string of the molecule is CNc1ncnc(N2CC(=O)NC(=O)C2)c1C. The number of anilines is 2. The van der Waals surface area contributed by atoms with Crippen molar-refractivity contribution in [3.05, 3.63) is 11.9 Å². The number of piperazine rings is 1. The Morgan fingerprint density at radius 1 is 1.29 bits per heavy atom. The zero-order valence-electron chi connectivity index (χ0n) is 9.65. The summed E-state index contributed by atoms with van der Waals surface area (Å²) < 4.78 is 0. The molecule has 0 atom stereocenters. The lowest BCUT2D eigenvalue weighted by atomic mass is 10.2. The number of aromatic nitrogens is 2. The molecule has 7 nitrogen and oxygen atoms in total. The van der Waals surface area contributed by atoms with Gasteiger partial charge in [0.25, 0.3) is 0 Å². The van der Waals surface area contributed by atoms with E-state index in [0.29, 0.717) is 11.6 Å². The molecule has 0 spiro atoms. The van der Waals surface area contributed by atoms with Gasteiger partial charge in [-0.1, -0.05) is 0 Å². The largest absolute Gasteiger partial charge is 0.373 e. The monoisotopic (exact) mass is 235 g/mol. The summed E-state index contributed by atoms with van der Waals surface area (Å²) in [6, 6.07) is 0. The third kappa shape index (κ3) is 2.17. The van der Waals surface area contributed by atoms with Gasteiger partial charge in [-0.25, -0.2) is 9.97 Å². The van der Waals surface area contributed by atoms with Gasteiger partial charge in [-0.15, -0.1) is 0 Å². The fourth-order valence-corrected chi connectivity index (χ4v) is 1.80. The van der Waals surface area contributed by atoms with Crippen molar-refractivity contribution < 1.29 is 9.59 Å². The Kier molecular flexibility index (Phi) is 2.90. The second-order valence-corrected chi connectivity index (χ2v) is 3.75. The van der Waals surface area contributed by atoms with Crippen molar-refractivity contribution in [1.82, 2.24) is 15.3 Å². The minimum atomic E-state index is -0.315. The van der Waals surface area contributed by atoms with Crippen LogP contribution in [0.3, 0.4) is 0 Å². The smallest absolute Gasteiger partial charge is 0.246 e. The van der Waals surface area contributed by atoms with Crippen molar-refractivity contribution in [1.29, 1.82) is 0 Å². The summed E-state index contributed by atoms with van der Waals surface area (Å²) in [4.78, 5) is 32.4. The number of nitrogens with one attached hydrogen (secondary N) is 2. The summed E-state index contributed by atoms with van der Waals surface area (Å²) in [5, 5.41) is 5.18. The van der Waals surface area contributed by atoms with Gasteiger partial charge in [0.15, 0.2) is 0 Å². The number of amides is 2. The van der Waals surface area contributed by atoms with Crippen molar-refractivity contribution in [2.45, 2.75) is 6.92 Å². The van der Waals surface area contributed by atoms with E-state index in [9.17, 15) is 9.59 Å². The molecular weight excluding hydrogens is 222 g/mol. The highest BCUT2D eigenvalue weighted by Crippen LogP contribution is 2.22. The van der Waals surface area contributed by atoms with Crippen molar-refractivity contribution in [2.24, 2.45) is 0 Å². The number of carbonyl (C=O) groups excluding carboxylic acids is 2. The van der Waals surface area contributed by atoms with E-state index in [1.807, 2.05) is 6.92 Å². The van der Waals surface area contributed by atoms with Crippen LogP contribution >= 0.6 is 0 Å². The van der Waals surface area contributed by atoms with Crippen LogP contribution in [0.4, 0.5) is 11.6 Å². The Morgan fingerprint density at radius 3 is 2.53 bits per heavy atom. The molecule has 2 heterocycles. The Hall–Kier alpha value is -2.18. The van der Waals surface area contributed by atoms with Gasteiger partial charge in [0.2, 0.25) is 11.8 Å². The molecular formula is C10H13N5O2. The summed E-state index contributed by atoms with van der Waals surface area (Å²) >= 11 is 0. The van der Waals surface area contributed by atoms with Crippen molar-refractivity contribution in [3.63, 3.8) is 0 Å². The molecule has 90 valence electrons. The van der Waals surface area contributed by atoms with E-state index in [1.54, 1.807) is 11.9 Å². The summed E-state index contributed by atoms with van der Waals surface area (Å²) in [6.45, 7) is 2.11. The first-order chi connectivity index (χ1) is 8.11. The fraction of sp³-hybridized carbons (Fsp3) is 0.400. The first kappa shape index (κ1) is 11.3. The highest BCUT2D eigenvalue weighted by Gasteiger charge is 2.25. The Morgan fingerprint density at radius 2 is 1.94 bits per heavy atom. The molecule has 2 rings (SSSR count). The molecule has 0 aromatic carbocycles. The molecule has 0 radical (unpaired) electrons. The Bertz CT molecular complexity index is 458.